The van der Waals surface area contributed by atoms with E-state index in [9.17, 15) is 8.42 Å². The Balaban J connectivity index is 2.10. The normalized spacial score (nSPS) is 20.0. The van der Waals surface area contributed by atoms with E-state index in [0.717, 1.165) is 24.9 Å². The molecule has 0 aliphatic carbocycles. The maximum absolute atomic E-state index is 12.4. The zero-order valence-electron chi connectivity index (χ0n) is 12.4. The molecule has 0 spiro atoms. The predicted octanol–water partition coefficient (Wildman–Crippen LogP) is 1.43. The number of hydrogen-bond acceptors (Lipinski definition) is 4. The second kappa shape index (κ2) is 7.07. The number of benzene rings is 1. The van der Waals surface area contributed by atoms with Crippen LogP contribution in [0.4, 0.5) is 0 Å². The van der Waals surface area contributed by atoms with Gasteiger partial charge in [0.1, 0.15) is 0 Å². The van der Waals surface area contributed by atoms with Gasteiger partial charge < -0.3 is 10.2 Å². The summed E-state index contributed by atoms with van der Waals surface area (Å²) in [5, 5.41) is 3.55. The molecule has 1 unspecified atom stereocenters. The van der Waals surface area contributed by atoms with E-state index in [1.54, 1.807) is 25.2 Å². The number of nitrogens with one attached hydrogen (secondary N) is 2. The van der Waals surface area contributed by atoms with E-state index in [1.807, 2.05) is 7.05 Å². The molecule has 1 atom stereocenters. The summed E-state index contributed by atoms with van der Waals surface area (Å²) in [5.74, 6) is 0. The predicted molar refractivity (Wildman–Crippen MR) is 85.1 cm³/mol. The van der Waals surface area contributed by atoms with E-state index < -0.39 is 10.0 Å². The van der Waals surface area contributed by atoms with Crippen LogP contribution in [0.25, 0.3) is 0 Å². The SMILES string of the molecule is CNCc1cc(S(=O)(=O)NCC2CCCN2C)ccc1Cl. The number of likely N-dealkylation sites (N-methyl/N-ethyl adjacent to an activating group) is 1. The van der Waals surface area contributed by atoms with Crippen LogP contribution in [0.15, 0.2) is 23.1 Å². The quantitative estimate of drug-likeness (QED) is 0.828. The lowest BCUT2D eigenvalue weighted by Crippen LogP contribution is -2.38. The first-order chi connectivity index (χ1) is 9.94. The van der Waals surface area contributed by atoms with Crippen LogP contribution in [0, 0.1) is 0 Å². The number of sulfonamides is 1. The van der Waals surface area contributed by atoms with Crippen LogP contribution in [-0.2, 0) is 16.6 Å². The van der Waals surface area contributed by atoms with Gasteiger partial charge in [-0.25, -0.2) is 13.1 Å². The number of halogens is 1. The zero-order chi connectivity index (χ0) is 15.5. The fraction of sp³-hybridized carbons (Fsp3) is 0.571. The Morgan fingerprint density at radius 3 is 2.81 bits per heavy atom. The second-order valence-corrected chi connectivity index (χ2v) is 7.59. The topological polar surface area (TPSA) is 61.4 Å². The van der Waals surface area contributed by atoms with Crippen LogP contribution < -0.4 is 10.0 Å². The fourth-order valence-corrected chi connectivity index (χ4v) is 3.88. The third-order valence-electron chi connectivity index (χ3n) is 3.88. The van der Waals surface area contributed by atoms with Gasteiger partial charge in [-0.15, -0.1) is 0 Å². The standard InChI is InChI=1S/C14H22ClN3O2S/c1-16-9-11-8-13(5-6-14(11)15)21(19,20)17-10-12-4-3-7-18(12)2/h5-6,8,12,16-17H,3-4,7,9-10H2,1-2H3. The lowest BCUT2D eigenvalue weighted by molar-refractivity contribution is 0.311. The third-order valence-corrected chi connectivity index (χ3v) is 5.67. The molecule has 1 aromatic carbocycles. The Bertz CT molecular complexity index is 592. The van der Waals surface area contributed by atoms with Crippen molar-refractivity contribution in [2.45, 2.75) is 30.3 Å². The Hall–Kier alpha value is -0.660. The summed E-state index contributed by atoms with van der Waals surface area (Å²) in [5.41, 5.74) is 0.778. The van der Waals surface area contributed by atoms with Crippen LogP contribution in [0.2, 0.25) is 5.02 Å². The summed E-state index contributed by atoms with van der Waals surface area (Å²) >= 11 is 6.06. The van der Waals surface area contributed by atoms with Gasteiger partial charge in [-0.2, -0.15) is 0 Å². The number of hydrogen-bond donors (Lipinski definition) is 2. The minimum Gasteiger partial charge on any atom is -0.316 e. The first kappa shape index (κ1) is 16.7. The molecule has 118 valence electrons. The average molecular weight is 332 g/mol. The van der Waals surface area contributed by atoms with Crippen molar-refractivity contribution in [2.75, 3.05) is 27.2 Å². The Morgan fingerprint density at radius 1 is 1.43 bits per heavy atom. The van der Waals surface area contributed by atoms with Crippen LogP contribution in [-0.4, -0.2) is 46.5 Å². The second-order valence-electron chi connectivity index (χ2n) is 5.41. The Labute approximate surface area is 131 Å². The molecule has 1 aliphatic heterocycles. The van der Waals surface area contributed by atoms with E-state index in [4.69, 9.17) is 11.6 Å². The monoisotopic (exact) mass is 331 g/mol. The fourth-order valence-electron chi connectivity index (χ4n) is 2.57. The molecule has 21 heavy (non-hydrogen) atoms. The Morgan fingerprint density at radius 2 is 2.19 bits per heavy atom. The molecular weight excluding hydrogens is 310 g/mol. The van der Waals surface area contributed by atoms with Crippen molar-refractivity contribution in [3.63, 3.8) is 0 Å². The van der Waals surface area contributed by atoms with Gasteiger partial charge in [-0.3, -0.25) is 0 Å². The van der Waals surface area contributed by atoms with Gasteiger partial charge in [0.05, 0.1) is 4.90 Å². The minimum absolute atomic E-state index is 0.262. The van der Waals surface area contributed by atoms with Gasteiger partial charge in [0.15, 0.2) is 0 Å². The molecule has 2 N–H and O–H groups in total. The smallest absolute Gasteiger partial charge is 0.240 e. The molecule has 1 heterocycles. The van der Waals surface area contributed by atoms with E-state index >= 15 is 0 Å². The lowest BCUT2D eigenvalue weighted by atomic mass is 10.2. The van der Waals surface area contributed by atoms with Crippen LogP contribution in [0.1, 0.15) is 18.4 Å². The van der Waals surface area contributed by atoms with E-state index in [0.29, 0.717) is 18.1 Å². The van der Waals surface area contributed by atoms with Crippen molar-refractivity contribution in [3.05, 3.63) is 28.8 Å². The molecule has 0 aromatic heterocycles. The molecule has 0 radical (unpaired) electrons. The van der Waals surface area contributed by atoms with Gasteiger partial charge in [0, 0.05) is 24.2 Å². The summed E-state index contributed by atoms with van der Waals surface area (Å²) in [6.45, 7) is 2.01. The first-order valence-corrected chi connectivity index (χ1v) is 8.93. The molecule has 1 fully saturated rings. The maximum atomic E-state index is 12.4. The van der Waals surface area contributed by atoms with Crippen molar-refractivity contribution in [1.82, 2.24) is 14.9 Å². The minimum atomic E-state index is -3.49. The van der Waals surface area contributed by atoms with Crippen LogP contribution >= 0.6 is 11.6 Å². The zero-order valence-corrected chi connectivity index (χ0v) is 14.0. The van der Waals surface area contributed by atoms with Gasteiger partial charge in [-0.05, 0) is 57.2 Å². The van der Waals surface area contributed by atoms with Crippen molar-refractivity contribution in [3.8, 4) is 0 Å². The molecule has 0 bridgehead atoms. The highest BCUT2D eigenvalue weighted by atomic mass is 35.5. The molecule has 1 aliphatic rings. The lowest BCUT2D eigenvalue weighted by Gasteiger charge is -2.19. The van der Waals surface area contributed by atoms with Gasteiger partial charge in [-0.1, -0.05) is 11.6 Å². The number of rotatable bonds is 6. The van der Waals surface area contributed by atoms with E-state index in [1.165, 1.54) is 0 Å². The van der Waals surface area contributed by atoms with Crippen molar-refractivity contribution in [2.24, 2.45) is 0 Å². The molecule has 0 saturated carbocycles. The summed E-state index contributed by atoms with van der Waals surface area (Å²) in [6, 6.07) is 5.08. The van der Waals surface area contributed by atoms with E-state index in [2.05, 4.69) is 14.9 Å². The third kappa shape index (κ3) is 4.17. The van der Waals surface area contributed by atoms with Gasteiger partial charge in [0.25, 0.3) is 0 Å². The summed E-state index contributed by atoms with van der Waals surface area (Å²) in [6.07, 6.45) is 2.15. The van der Waals surface area contributed by atoms with Crippen molar-refractivity contribution >= 4 is 21.6 Å². The number of nitrogens with zero attached hydrogens (tertiary/aromatic N) is 1. The summed E-state index contributed by atoms with van der Waals surface area (Å²) in [4.78, 5) is 2.45. The maximum Gasteiger partial charge on any atom is 0.240 e. The first-order valence-electron chi connectivity index (χ1n) is 7.07. The highest BCUT2D eigenvalue weighted by Crippen LogP contribution is 2.21. The highest BCUT2D eigenvalue weighted by Gasteiger charge is 2.23. The van der Waals surface area contributed by atoms with Crippen molar-refractivity contribution in [1.29, 1.82) is 0 Å². The average Bonchev–Trinajstić information content (AvgIpc) is 2.85. The Kier molecular flexibility index (Phi) is 5.62. The van der Waals surface area contributed by atoms with Crippen LogP contribution in [0.3, 0.4) is 0 Å². The molecule has 1 saturated heterocycles. The number of likely N-dealkylation sites (tertiary alicyclic amines) is 1. The molecule has 2 rings (SSSR count). The summed E-state index contributed by atoms with van der Waals surface area (Å²) < 4.78 is 27.4. The van der Waals surface area contributed by atoms with Crippen LogP contribution in [0.5, 0.6) is 0 Å². The van der Waals surface area contributed by atoms with E-state index in [-0.39, 0.29) is 10.9 Å². The molecule has 0 amide bonds. The van der Waals surface area contributed by atoms with Gasteiger partial charge in [0.2, 0.25) is 10.0 Å². The molecule has 5 nitrogen and oxygen atoms in total. The molecule has 1 aromatic rings. The molecular formula is C14H22ClN3O2S. The summed E-state index contributed by atoms with van der Waals surface area (Å²) in [7, 11) is 0.333. The highest BCUT2D eigenvalue weighted by molar-refractivity contribution is 7.89. The largest absolute Gasteiger partial charge is 0.316 e. The van der Waals surface area contributed by atoms with Crippen molar-refractivity contribution < 1.29 is 8.42 Å². The van der Waals surface area contributed by atoms with Gasteiger partial charge >= 0.3 is 0 Å². The molecule has 7 heteroatoms.